The summed E-state index contributed by atoms with van der Waals surface area (Å²) in [5.74, 6) is -0.974. The van der Waals surface area contributed by atoms with Crippen molar-refractivity contribution in [3.05, 3.63) is 158 Å². The van der Waals surface area contributed by atoms with E-state index in [1.54, 1.807) is 0 Å². The molecule has 1 atom stereocenters. The van der Waals surface area contributed by atoms with E-state index in [1.807, 2.05) is 0 Å². The summed E-state index contributed by atoms with van der Waals surface area (Å²) in [4.78, 5) is 38.3. The molecule has 0 bridgehead atoms. The van der Waals surface area contributed by atoms with Crippen molar-refractivity contribution in [3.63, 3.8) is 0 Å². The number of rotatable bonds is 54. The molecule has 0 fully saturated rings. The number of carbonyl (C=O) groups excluding carboxylic acids is 3. The smallest absolute Gasteiger partial charge is 0.306 e. The third-order valence-electron chi connectivity index (χ3n) is 12.5. The van der Waals surface area contributed by atoms with Crippen molar-refractivity contribution in [2.24, 2.45) is 0 Å². The second-order valence-corrected chi connectivity index (χ2v) is 19.8. The first-order valence-electron chi connectivity index (χ1n) is 31.0. The maximum absolute atomic E-state index is 12.9. The number of hydrogen-bond acceptors (Lipinski definition) is 6. The van der Waals surface area contributed by atoms with Gasteiger partial charge in [0, 0.05) is 19.3 Å². The third kappa shape index (κ3) is 61.8. The van der Waals surface area contributed by atoms with Crippen LogP contribution in [0.2, 0.25) is 0 Å². The first-order valence-corrected chi connectivity index (χ1v) is 31.0. The summed E-state index contributed by atoms with van der Waals surface area (Å²) in [6, 6.07) is 0. The van der Waals surface area contributed by atoms with Gasteiger partial charge in [-0.2, -0.15) is 0 Å². The molecule has 0 aliphatic heterocycles. The van der Waals surface area contributed by atoms with Crippen LogP contribution in [0.4, 0.5) is 0 Å². The van der Waals surface area contributed by atoms with E-state index >= 15 is 0 Å². The lowest BCUT2D eigenvalue weighted by molar-refractivity contribution is -0.167. The predicted octanol–water partition coefficient (Wildman–Crippen LogP) is 21.3. The van der Waals surface area contributed by atoms with Crippen LogP contribution < -0.4 is 0 Å². The van der Waals surface area contributed by atoms with Crippen LogP contribution in [-0.2, 0) is 28.6 Å². The molecule has 1 unspecified atom stereocenters. The number of carbonyl (C=O) groups is 3. The number of ether oxygens (including phenoxy) is 3. The second kappa shape index (κ2) is 63.6. The van der Waals surface area contributed by atoms with Gasteiger partial charge >= 0.3 is 17.9 Å². The molecule has 6 nitrogen and oxygen atoms in total. The van der Waals surface area contributed by atoms with Gasteiger partial charge in [0.2, 0.25) is 0 Å². The summed E-state index contributed by atoms with van der Waals surface area (Å²) >= 11 is 0. The first-order chi connectivity index (χ1) is 38.0. The summed E-state index contributed by atoms with van der Waals surface area (Å²) < 4.78 is 16.9. The lowest BCUT2D eigenvalue weighted by Crippen LogP contribution is -2.30. The number of allylic oxidation sites excluding steroid dienone is 26. The number of esters is 3. The molecule has 0 aliphatic carbocycles. The average Bonchev–Trinajstić information content (AvgIpc) is 3.43. The minimum Gasteiger partial charge on any atom is -0.462 e. The zero-order valence-corrected chi connectivity index (χ0v) is 49.4. The topological polar surface area (TPSA) is 78.9 Å². The molecule has 6 heteroatoms. The first kappa shape index (κ1) is 72.0. The Morgan fingerprint density at radius 3 is 0.818 bits per heavy atom. The molecule has 0 N–H and O–H groups in total. The molecule has 0 spiro atoms. The van der Waals surface area contributed by atoms with Gasteiger partial charge in [-0.1, -0.05) is 243 Å². The third-order valence-corrected chi connectivity index (χ3v) is 12.5. The van der Waals surface area contributed by atoms with E-state index in [9.17, 15) is 14.4 Å². The highest BCUT2D eigenvalue weighted by Crippen LogP contribution is 2.13. The highest BCUT2D eigenvalue weighted by molar-refractivity contribution is 5.71. The Hall–Kier alpha value is -4.97. The fraction of sp³-hybridized carbons (Fsp3) is 0.592. The molecule has 0 saturated heterocycles. The Bertz CT molecular complexity index is 1740. The van der Waals surface area contributed by atoms with E-state index in [1.165, 1.54) is 38.5 Å². The Kier molecular flexibility index (Phi) is 59.5. The molecule has 0 rings (SSSR count). The molecule has 0 saturated carbocycles. The van der Waals surface area contributed by atoms with Crippen LogP contribution in [0, 0.1) is 0 Å². The van der Waals surface area contributed by atoms with E-state index < -0.39 is 6.10 Å². The maximum atomic E-state index is 12.9. The van der Waals surface area contributed by atoms with Gasteiger partial charge in [0.1, 0.15) is 13.2 Å². The van der Waals surface area contributed by atoms with Crippen molar-refractivity contribution in [3.8, 4) is 0 Å². The monoisotopic (exact) mass is 1060 g/mol. The van der Waals surface area contributed by atoms with Crippen LogP contribution >= 0.6 is 0 Å². The quantitative estimate of drug-likeness (QED) is 0.0261. The molecule has 0 heterocycles. The molecule has 432 valence electrons. The highest BCUT2D eigenvalue weighted by Gasteiger charge is 2.19. The van der Waals surface area contributed by atoms with Crippen molar-refractivity contribution in [2.45, 2.75) is 258 Å². The van der Waals surface area contributed by atoms with Crippen molar-refractivity contribution in [1.29, 1.82) is 0 Å². The van der Waals surface area contributed by atoms with E-state index in [0.717, 1.165) is 173 Å². The Labute approximate surface area is 473 Å². The van der Waals surface area contributed by atoms with Crippen LogP contribution in [0.25, 0.3) is 0 Å². The summed E-state index contributed by atoms with van der Waals surface area (Å²) in [6.45, 7) is 6.34. The fourth-order valence-electron chi connectivity index (χ4n) is 7.91. The minimum atomic E-state index is -0.815. The molecule has 0 amide bonds. The zero-order chi connectivity index (χ0) is 55.7. The van der Waals surface area contributed by atoms with Gasteiger partial charge in [0.05, 0.1) is 0 Å². The maximum Gasteiger partial charge on any atom is 0.306 e. The van der Waals surface area contributed by atoms with Gasteiger partial charge < -0.3 is 14.2 Å². The molecule has 0 aromatic carbocycles. The molecule has 0 radical (unpaired) electrons. The minimum absolute atomic E-state index is 0.108. The van der Waals surface area contributed by atoms with Crippen molar-refractivity contribution in [1.82, 2.24) is 0 Å². The number of unbranched alkanes of at least 4 members (excludes halogenated alkanes) is 17. The predicted molar refractivity (Wildman–Crippen MR) is 334 cm³/mol. The lowest BCUT2D eigenvalue weighted by Gasteiger charge is -2.18. The molecule has 77 heavy (non-hydrogen) atoms. The van der Waals surface area contributed by atoms with Gasteiger partial charge in [-0.15, -0.1) is 0 Å². The average molecular weight is 1060 g/mol. The Balaban J connectivity index is 4.50. The Morgan fingerprint density at radius 1 is 0.273 bits per heavy atom. The normalized spacial score (nSPS) is 13.2. The number of hydrogen-bond donors (Lipinski definition) is 0. The fourth-order valence-corrected chi connectivity index (χ4v) is 7.91. The van der Waals surface area contributed by atoms with E-state index in [0.29, 0.717) is 12.8 Å². The van der Waals surface area contributed by atoms with Crippen LogP contribution in [0.15, 0.2) is 158 Å². The van der Waals surface area contributed by atoms with Gasteiger partial charge in [0.25, 0.3) is 0 Å². The lowest BCUT2D eigenvalue weighted by atomic mass is 10.1. The summed E-state index contributed by atoms with van der Waals surface area (Å²) in [7, 11) is 0. The van der Waals surface area contributed by atoms with E-state index in [-0.39, 0.29) is 37.5 Å². The standard InChI is InChI=1S/C71H112O6/c1-4-7-10-13-16-19-22-25-27-29-31-33-34-35-36-38-39-41-43-46-49-52-55-58-61-64-70(73)76-67-68(66-75-69(72)63-60-57-54-51-48-45-24-21-18-15-12-9-6-3)77-71(74)65-62-59-56-53-50-47-44-42-40-37-32-30-28-26-23-20-17-14-11-8-5-2/h7-8,10-11,16-17,19-21,24-28,31-33,35-37,39,41-42,44,46,49,68H,4-6,9,12-15,18,22-23,29-30,34,38,40,43,45,47-48,50-67H2,1-3H3/b10-7-,11-8-,19-16-,20-17-,24-21-,27-25-,28-26-,33-31-,36-35-,37-32-,41-39-,44-42-,49-46-. The summed E-state index contributed by atoms with van der Waals surface area (Å²) in [6.07, 6.45) is 92.3. The van der Waals surface area contributed by atoms with Crippen LogP contribution in [0.1, 0.15) is 252 Å². The van der Waals surface area contributed by atoms with E-state index in [2.05, 4.69) is 179 Å². The SMILES string of the molecule is CC/C=C\C/C=C\C/C=C\C/C=C\C/C=C\C/C=C\C/C=C\CCCCCC(=O)OCC(COC(=O)CCCCCCC/C=C\CCCCCC)OC(=O)CCCCCCC/C=C\C/C=C\C/C=C\C/C=C\C/C=C\CC. The van der Waals surface area contributed by atoms with Gasteiger partial charge in [-0.3, -0.25) is 14.4 Å². The van der Waals surface area contributed by atoms with Crippen LogP contribution in [0.3, 0.4) is 0 Å². The van der Waals surface area contributed by atoms with Gasteiger partial charge in [-0.25, -0.2) is 0 Å². The molecular formula is C71H112O6. The van der Waals surface area contributed by atoms with Crippen LogP contribution in [-0.4, -0.2) is 37.2 Å². The second-order valence-electron chi connectivity index (χ2n) is 19.8. The van der Waals surface area contributed by atoms with Crippen molar-refractivity contribution < 1.29 is 28.6 Å². The van der Waals surface area contributed by atoms with Gasteiger partial charge in [0.15, 0.2) is 6.10 Å². The molecule has 0 aromatic heterocycles. The highest BCUT2D eigenvalue weighted by atomic mass is 16.6. The largest absolute Gasteiger partial charge is 0.462 e. The van der Waals surface area contributed by atoms with Crippen molar-refractivity contribution in [2.75, 3.05) is 13.2 Å². The zero-order valence-electron chi connectivity index (χ0n) is 49.4. The van der Waals surface area contributed by atoms with Crippen LogP contribution in [0.5, 0.6) is 0 Å². The summed E-state index contributed by atoms with van der Waals surface area (Å²) in [5.41, 5.74) is 0. The Morgan fingerprint density at radius 2 is 0.506 bits per heavy atom. The van der Waals surface area contributed by atoms with E-state index in [4.69, 9.17) is 14.2 Å². The molecule has 0 aliphatic rings. The van der Waals surface area contributed by atoms with Crippen molar-refractivity contribution >= 4 is 17.9 Å². The van der Waals surface area contributed by atoms with Gasteiger partial charge in [-0.05, 0) is 148 Å². The molecule has 0 aromatic rings. The molecular weight excluding hydrogens is 949 g/mol. The summed E-state index contributed by atoms with van der Waals surface area (Å²) in [5, 5.41) is 0.